The van der Waals surface area contributed by atoms with Crippen LogP contribution in [0.25, 0.3) is 11.4 Å². The van der Waals surface area contributed by atoms with E-state index in [-0.39, 0.29) is 18.6 Å². The van der Waals surface area contributed by atoms with Crippen LogP contribution < -0.4 is 5.32 Å². The van der Waals surface area contributed by atoms with Gasteiger partial charge in [-0.25, -0.2) is 9.78 Å². The van der Waals surface area contributed by atoms with Gasteiger partial charge in [0, 0.05) is 38.2 Å². The molecule has 1 N–H and O–H groups in total. The first-order valence-electron chi connectivity index (χ1n) is 9.89. The molecular weight excluding hydrogens is 380 g/mol. The van der Waals surface area contributed by atoms with Crippen LogP contribution in [0.2, 0.25) is 0 Å². The summed E-state index contributed by atoms with van der Waals surface area (Å²) in [5, 5.41) is 2.80. The summed E-state index contributed by atoms with van der Waals surface area (Å²) in [6, 6.07) is 17.3. The van der Waals surface area contributed by atoms with Gasteiger partial charge in [0.05, 0.1) is 17.9 Å². The van der Waals surface area contributed by atoms with E-state index in [4.69, 9.17) is 9.72 Å². The molecule has 1 aliphatic heterocycles. The summed E-state index contributed by atoms with van der Waals surface area (Å²) in [5.74, 6) is 0.697. The van der Waals surface area contributed by atoms with Gasteiger partial charge in [-0.1, -0.05) is 42.5 Å². The van der Waals surface area contributed by atoms with Crippen LogP contribution in [0.5, 0.6) is 0 Å². The number of ether oxygens (including phenoxy) is 1. The van der Waals surface area contributed by atoms with Crippen molar-refractivity contribution in [3.8, 4) is 11.4 Å². The zero-order chi connectivity index (χ0) is 21.1. The zero-order valence-corrected chi connectivity index (χ0v) is 17.1. The van der Waals surface area contributed by atoms with Crippen LogP contribution in [0.1, 0.15) is 23.9 Å². The van der Waals surface area contributed by atoms with Gasteiger partial charge in [-0.2, -0.15) is 0 Å². The number of fused-ring (bicyclic) bond motifs is 1. The second-order valence-corrected chi connectivity index (χ2v) is 7.36. The van der Waals surface area contributed by atoms with Crippen molar-refractivity contribution in [3.05, 3.63) is 71.5 Å². The predicted octanol–water partition coefficient (Wildman–Crippen LogP) is 3.74. The Morgan fingerprint density at radius 1 is 1.13 bits per heavy atom. The second-order valence-electron chi connectivity index (χ2n) is 7.36. The highest BCUT2D eigenvalue weighted by Crippen LogP contribution is 2.27. The summed E-state index contributed by atoms with van der Waals surface area (Å²) in [4.78, 5) is 30.4. The maximum atomic E-state index is 12.6. The molecule has 7 heteroatoms. The molecule has 7 nitrogen and oxygen atoms in total. The van der Waals surface area contributed by atoms with Crippen LogP contribution in [0.4, 0.5) is 10.5 Å². The normalized spacial score (nSPS) is 12.9. The molecule has 4 rings (SSSR count). The minimum Gasteiger partial charge on any atom is -0.445 e. The third-order valence-electron chi connectivity index (χ3n) is 5.16. The molecule has 3 aromatic rings. The number of hydrogen-bond acceptors (Lipinski definition) is 4. The van der Waals surface area contributed by atoms with E-state index in [1.165, 1.54) is 6.92 Å². The Balaban J connectivity index is 1.49. The number of benzene rings is 2. The van der Waals surface area contributed by atoms with Gasteiger partial charge in [0.25, 0.3) is 0 Å². The van der Waals surface area contributed by atoms with Crippen LogP contribution in [0, 0.1) is 0 Å². The molecule has 0 fully saturated rings. The molecular formula is C23H24N4O3. The lowest BCUT2D eigenvalue weighted by atomic mass is 10.1. The van der Waals surface area contributed by atoms with Crippen LogP contribution in [-0.2, 0) is 36.2 Å². The van der Waals surface area contributed by atoms with Crippen molar-refractivity contribution >= 4 is 17.7 Å². The monoisotopic (exact) mass is 404 g/mol. The summed E-state index contributed by atoms with van der Waals surface area (Å²) in [7, 11) is 1.95. The number of amides is 2. The number of carbonyl (C=O) groups is 2. The molecule has 0 saturated heterocycles. The van der Waals surface area contributed by atoms with Gasteiger partial charge in [0.2, 0.25) is 5.91 Å². The van der Waals surface area contributed by atoms with Crippen LogP contribution in [-0.4, -0.2) is 33.0 Å². The lowest BCUT2D eigenvalue weighted by molar-refractivity contribution is -0.114. The highest BCUT2D eigenvalue weighted by molar-refractivity contribution is 5.89. The van der Waals surface area contributed by atoms with Gasteiger partial charge >= 0.3 is 6.09 Å². The fourth-order valence-electron chi connectivity index (χ4n) is 3.65. The van der Waals surface area contributed by atoms with Crippen molar-refractivity contribution in [1.82, 2.24) is 14.5 Å². The van der Waals surface area contributed by atoms with Gasteiger partial charge in [0.15, 0.2) is 0 Å². The average Bonchev–Trinajstić information content (AvgIpc) is 3.08. The highest BCUT2D eigenvalue weighted by Gasteiger charge is 2.27. The van der Waals surface area contributed by atoms with Crippen molar-refractivity contribution < 1.29 is 14.3 Å². The maximum absolute atomic E-state index is 12.6. The molecule has 2 amide bonds. The van der Waals surface area contributed by atoms with Crippen LogP contribution in [0.15, 0.2) is 54.6 Å². The third kappa shape index (κ3) is 4.20. The number of imidazole rings is 1. The minimum absolute atomic E-state index is 0.115. The fraction of sp³-hybridized carbons (Fsp3) is 0.261. The summed E-state index contributed by atoms with van der Waals surface area (Å²) in [6.45, 7) is 2.77. The van der Waals surface area contributed by atoms with Gasteiger partial charge in [-0.15, -0.1) is 0 Å². The lowest BCUT2D eigenvalue weighted by Gasteiger charge is -2.26. The Morgan fingerprint density at radius 3 is 2.70 bits per heavy atom. The van der Waals surface area contributed by atoms with Crippen LogP contribution in [0.3, 0.4) is 0 Å². The Bertz CT molecular complexity index is 1080. The molecule has 0 radical (unpaired) electrons. The van der Waals surface area contributed by atoms with Gasteiger partial charge < -0.3 is 19.5 Å². The minimum atomic E-state index is -0.320. The van der Waals surface area contributed by atoms with E-state index < -0.39 is 0 Å². The fourth-order valence-corrected chi connectivity index (χ4v) is 3.65. The molecule has 0 spiro atoms. The number of carbonyl (C=O) groups excluding carboxylic acids is 2. The maximum Gasteiger partial charge on any atom is 0.410 e. The lowest BCUT2D eigenvalue weighted by Crippen LogP contribution is -2.37. The summed E-state index contributed by atoms with van der Waals surface area (Å²) < 4.78 is 7.50. The SMILES string of the molecule is CC(=O)Nc1cccc(-c2nc3c(n2C)CN(C(=O)OCc2ccccc2)CC3)c1. The molecule has 1 aromatic heterocycles. The number of hydrogen-bond donors (Lipinski definition) is 1. The summed E-state index contributed by atoms with van der Waals surface area (Å²) in [6.07, 6.45) is 0.356. The van der Waals surface area contributed by atoms with Crippen molar-refractivity contribution in [1.29, 1.82) is 0 Å². The van der Waals surface area contributed by atoms with E-state index in [0.29, 0.717) is 19.5 Å². The molecule has 0 saturated carbocycles. The largest absolute Gasteiger partial charge is 0.445 e. The Hall–Kier alpha value is -3.61. The number of anilines is 1. The molecule has 2 heterocycles. The van der Waals surface area contributed by atoms with E-state index in [9.17, 15) is 9.59 Å². The van der Waals surface area contributed by atoms with Gasteiger partial charge in [0.1, 0.15) is 12.4 Å². The predicted molar refractivity (Wildman–Crippen MR) is 114 cm³/mol. The number of aromatic nitrogens is 2. The first-order valence-corrected chi connectivity index (χ1v) is 9.89. The average molecular weight is 404 g/mol. The summed E-state index contributed by atoms with van der Waals surface area (Å²) in [5.41, 5.74) is 4.59. The first kappa shape index (κ1) is 19.7. The number of rotatable bonds is 4. The number of nitrogens with zero attached hydrogens (tertiary/aromatic N) is 3. The van der Waals surface area contributed by atoms with Crippen molar-refractivity contribution in [2.24, 2.45) is 7.05 Å². The molecule has 0 atom stereocenters. The second kappa shape index (κ2) is 8.41. The Labute approximate surface area is 175 Å². The zero-order valence-electron chi connectivity index (χ0n) is 17.1. The highest BCUT2D eigenvalue weighted by atomic mass is 16.6. The Kier molecular flexibility index (Phi) is 5.52. The third-order valence-corrected chi connectivity index (χ3v) is 5.16. The standard InChI is InChI=1S/C23H24N4O3/c1-16(28)24-19-10-6-9-18(13-19)22-25-20-11-12-27(14-21(20)26(22)2)23(29)30-15-17-7-4-3-5-8-17/h3-10,13H,11-12,14-15H2,1-2H3,(H,24,28). The smallest absolute Gasteiger partial charge is 0.410 e. The molecule has 0 bridgehead atoms. The van der Waals surface area contributed by atoms with Crippen LogP contribution >= 0.6 is 0 Å². The topological polar surface area (TPSA) is 76.5 Å². The quantitative estimate of drug-likeness (QED) is 0.719. The van der Waals surface area contributed by atoms with Crippen molar-refractivity contribution in [3.63, 3.8) is 0 Å². The van der Waals surface area contributed by atoms with Crippen molar-refractivity contribution in [2.45, 2.75) is 26.5 Å². The van der Waals surface area contributed by atoms with E-state index >= 15 is 0 Å². The molecule has 0 aliphatic carbocycles. The van der Waals surface area contributed by atoms with Gasteiger partial charge in [-0.05, 0) is 17.7 Å². The van der Waals surface area contributed by atoms with Crippen molar-refractivity contribution in [2.75, 3.05) is 11.9 Å². The Morgan fingerprint density at radius 2 is 1.93 bits per heavy atom. The van der Waals surface area contributed by atoms with E-state index in [0.717, 1.165) is 34.0 Å². The molecule has 154 valence electrons. The first-order chi connectivity index (χ1) is 14.5. The summed E-state index contributed by atoms with van der Waals surface area (Å²) >= 11 is 0. The molecule has 2 aromatic carbocycles. The molecule has 30 heavy (non-hydrogen) atoms. The van der Waals surface area contributed by atoms with E-state index in [1.54, 1.807) is 4.90 Å². The molecule has 1 aliphatic rings. The van der Waals surface area contributed by atoms with Gasteiger partial charge in [-0.3, -0.25) is 4.79 Å². The molecule has 0 unspecified atom stereocenters. The van der Waals surface area contributed by atoms with E-state index in [2.05, 4.69) is 5.32 Å². The number of nitrogens with one attached hydrogen (secondary N) is 1. The van der Waals surface area contributed by atoms with E-state index in [1.807, 2.05) is 66.2 Å².